The van der Waals surface area contributed by atoms with Crippen LogP contribution in [0.2, 0.25) is 0 Å². The van der Waals surface area contributed by atoms with Gasteiger partial charge in [0.1, 0.15) is 11.6 Å². The Hall–Kier alpha value is -2.33. The second-order valence-electron chi connectivity index (χ2n) is 6.72. The van der Waals surface area contributed by atoms with E-state index in [9.17, 15) is 4.39 Å². The maximum Gasteiger partial charge on any atom is 0.132 e. The summed E-state index contributed by atoms with van der Waals surface area (Å²) < 4.78 is 13.1. The van der Waals surface area contributed by atoms with Gasteiger partial charge in [0.25, 0.3) is 0 Å². The van der Waals surface area contributed by atoms with Gasteiger partial charge in [-0.25, -0.2) is 14.4 Å². The highest BCUT2D eigenvalue weighted by atomic mass is 19.1. The number of halogens is 1. The number of hydrogen-bond donors (Lipinski definition) is 0. The van der Waals surface area contributed by atoms with E-state index in [2.05, 4.69) is 22.9 Å². The van der Waals surface area contributed by atoms with E-state index >= 15 is 0 Å². The Morgan fingerprint density at radius 3 is 2.48 bits per heavy atom. The molecule has 0 N–H and O–H groups in total. The molecule has 0 amide bonds. The molecule has 1 aliphatic rings. The molecule has 0 spiro atoms. The number of rotatable bonds is 3. The van der Waals surface area contributed by atoms with Crippen LogP contribution in [0.1, 0.15) is 31.5 Å². The molecular formula is C21H22FN3. The molecule has 25 heavy (non-hydrogen) atoms. The molecule has 0 radical (unpaired) electrons. The first-order valence-electron chi connectivity index (χ1n) is 8.98. The number of piperidine rings is 1. The van der Waals surface area contributed by atoms with Gasteiger partial charge in [-0.3, -0.25) is 0 Å². The summed E-state index contributed by atoms with van der Waals surface area (Å²) in [6, 6.07) is 12.7. The normalized spacial score (nSPS) is 16.4. The average molecular weight is 335 g/mol. The van der Waals surface area contributed by atoms with Crippen molar-refractivity contribution in [2.24, 2.45) is 0 Å². The zero-order valence-corrected chi connectivity index (χ0v) is 14.5. The van der Waals surface area contributed by atoms with Gasteiger partial charge in [0.2, 0.25) is 0 Å². The first-order chi connectivity index (χ1) is 12.2. The van der Waals surface area contributed by atoms with Gasteiger partial charge in [-0.15, -0.1) is 0 Å². The average Bonchev–Trinajstić information content (AvgIpc) is 2.68. The molecule has 2 heterocycles. The number of benzene rings is 2. The third kappa shape index (κ3) is 3.40. The summed E-state index contributed by atoms with van der Waals surface area (Å²) in [6.45, 7) is 5.60. The Morgan fingerprint density at radius 2 is 1.76 bits per heavy atom. The topological polar surface area (TPSA) is 29.0 Å². The van der Waals surface area contributed by atoms with Crippen LogP contribution in [-0.4, -0.2) is 34.5 Å². The van der Waals surface area contributed by atoms with Crippen LogP contribution in [0.25, 0.3) is 22.0 Å². The molecule has 3 aromatic rings. The minimum Gasteiger partial charge on any atom is -0.304 e. The molecule has 128 valence electrons. The molecule has 1 fully saturated rings. The highest BCUT2D eigenvalue weighted by molar-refractivity contribution is 5.83. The lowest BCUT2D eigenvalue weighted by atomic mass is 9.95. The summed E-state index contributed by atoms with van der Waals surface area (Å²) in [5, 5.41) is 1.02. The maximum atomic E-state index is 13.1. The van der Waals surface area contributed by atoms with Crippen LogP contribution in [0.3, 0.4) is 0 Å². The fourth-order valence-corrected chi connectivity index (χ4v) is 3.57. The van der Waals surface area contributed by atoms with Crippen LogP contribution in [0.4, 0.5) is 4.39 Å². The lowest BCUT2D eigenvalue weighted by Gasteiger charge is -2.30. The third-order valence-electron chi connectivity index (χ3n) is 5.18. The van der Waals surface area contributed by atoms with E-state index in [0.717, 1.165) is 60.3 Å². The van der Waals surface area contributed by atoms with Crippen LogP contribution in [0.15, 0.2) is 48.7 Å². The van der Waals surface area contributed by atoms with E-state index in [1.807, 2.05) is 18.3 Å². The zero-order valence-electron chi connectivity index (χ0n) is 14.5. The minimum absolute atomic E-state index is 0.216. The molecule has 4 rings (SSSR count). The fraction of sp³-hybridized carbons (Fsp3) is 0.333. The van der Waals surface area contributed by atoms with E-state index in [4.69, 9.17) is 4.98 Å². The Bertz CT molecular complexity index is 868. The molecule has 0 atom stereocenters. The van der Waals surface area contributed by atoms with E-state index in [-0.39, 0.29) is 5.82 Å². The molecule has 3 nitrogen and oxygen atoms in total. The summed E-state index contributed by atoms with van der Waals surface area (Å²) in [6.07, 6.45) is 4.19. The van der Waals surface area contributed by atoms with E-state index in [1.54, 1.807) is 12.1 Å². The van der Waals surface area contributed by atoms with Crippen molar-refractivity contribution in [1.29, 1.82) is 0 Å². The largest absolute Gasteiger partial charge is 0.304 e. The molecule has 0 saturated carbocycles. The third-order valence-corrected chi connectivity index (χ3v) is 5.18. The summed E-state index contributed by atoms with van der Waals surface area (Å²) in [7, 11) is 0. The molecule has 4 heteroatoms. The molecule has 0 aliphatic carbocycles. The summed E-state index contributed by atoms with van der Waals surface area (Å²) >= 11 is 0. The predicted octanol–water partition coefficient (Wildman–Crippen LogP) is 4.64. The Kier molecular flexibility index (Phi) is 4.45. The predicted molar refractivity (Wildman–Crippen MR) is 99.0 cm³/mol. The maximum absolute atomic E-state index is 13.1. The van der Waals surface area contributed by atoms with Gasteiger partial charge in [-0.1, -0.05) is 25.1 Å². The standard InChI is InChI=1S/C21H22FN3/c1-2-25-11-9-16(10-12-25)21-23-14-18-13-17(5-8-20(18)24-21)15-3-6-19(22)7-4-15/h3-8,13-14,16H,2,9-12H2,1H3. The molecule has 1 aliphatic heterocycles. The number of hydrogen-bond acceptors (Lipinski definition) is 3. The van der Waals surface area contributed by atoms with Crippen molar-refractivity contribution in [3.63, 3.8) is 0 Å². The number of fused-ring (bicyclic) bond motifs is 1. The monoisotopic (exact) mass is 335 g/mol. The summed E-state index contributed by atoms with van der Waals surface area (Å²) in [5.41, 5.74) is 3.04. The van der Waals surface area contributed by atoms with Gasteiger partial charge >= 0.3 is 0 Å². The SMILES string of the molecule is CCN1CCC(c2ncc3cc(-c4ccc(F)cc4)ccc3n2)CC1. The van der Waals surface area contributed by atoms with Gasteiger partial charge in [0, 0.05) is 17.5 Å². The fourth-order valence-electron chi connectivity index (χ4n) is 3.57. The van der Waals surface area contributed by atoms with Crippen molar-refractivity contribution in [2.45, 2.75) is 25.7 Å². The van der Waals surface area contributed by atoms with Crippen molar-refractivity contribution >= 4 is 10.9 Å². The van der Waals surface area contributed by atoms with Crippen LogP contribution >= 0.6 is 0 Å². The zero-order chi connectivity index (χ0) is 17.2. The Labute approximate surface area is 147 Å². The van der Waals surface area contributed by atoms with E-state index in [0.29, 0.717) is 5.92 Å². The van der Waals surface area contributed by atoms with Crippen LogP contribution in [-0.2, 0) is 0 Å². The molecule has 0 unspecified atom stereocenters. The second kappa shape index (κ2) is 6.89. The van der Waals surface area contributed by atoms with Gasteiger partial charge in [0.15, 0.2) is 0 Å². The van der Waals surface area contributed by atoms with Crippen molar-refractivity contribution < 1.29 is 4.39 Å². The Morgan fingerprint density at radius 1 is 1.04 bits per heavy atom. The first-order valence-corrected chi connectivity index (χ1v) is 8.98. The van der Waals surface area contributed by atoms with Crippen molar-refractivity contribution in [1.82, 2.24) is 14.9 Å². The van der Waals surface area contributed by atoms with E-state index in [1.165, 1.54) is 12.1 Å². The quantitative estimate of drug-likeness (QED) is 0.698. The lowest BCUT2D eigenvalue weighted by molar-refractivity contribution is 0.219. The highest BCUT2D eigenvalue weighted by Gasteiger charge is 2.21. The van der Waals surface area contributed by atoms with Gasteiger partial charge in [-0.05, 0) is 67.9 Å². The van der Waals surface area contributed by atoms with Crippen molar-refractivity contribution in [3.8, 4) is 11.1 Å². The molecule has 0 bridgehead atoms. The highest BCUT2D eigenvalue weighted by Crippen LogP contribution is 2.28. The van der Waals surface area contributed by atoms with Crippen LogP contribution in [0, 0.1) is 5.82 Å². The number of nitrogens with zero attached hydrogens (tertiary/aromatic N) is 3. The van der Waals surface area contributed by atoms with Crippen molar-refractivity contribution in [3.05, 3.63) is 60.3 Å². The molecule has 1 saturated heterocycles. The Balaban J connectivity index is 1.60. The second-order valence-corrected chi connectivity index (χ2v) is 6.72. The first kappa shape index (κ1) is 16.2. The van der Waals surface area contributed by atoms with E-state index < -0.39 is 0 Å². The minimum atomic E-state index is -0.216. The van der Waals surface area contributed by atoms with Crippen molar-refractivity contribution in [2.75, 3.05) is 19.6 Å². The molecular weight excluding hydrogens is 313 g/mol. The summed E-state index contributed by atoms with van der Waals surface area (Å²) in [4.78, 5) is 11.9. The number of aromatic nitrogens is 2. The number of likely N-dealkylation sites (tertiary alicyclic amines) is 1. The smallest absolute Gasteiger partial charge is 0.132 e. The van der Waals surface area contributed by atoms with Gasteiger partial charge in [0.05, 0.1) is 5.52 Å². The summed E-state index contributed by atoms with van der Waals surface area (Å²) in [5.74, 6) is 1.22. The van der Waals surface area contributed by atoms with Gasteiger partial charge < -0.3 is 4.90 Å². The van der Waals surface area contributed by atoms with Crippen LogP contribution < -0.4 is 0 Å². The molecule has 1 aromatic heterocycles. The van der Waals surface area contributed by atoms with Crippen LogP contribution in [0.5, 0.6) is 0 Å². The molecule has 2 aromatic carbocycles. The lowest BCUT2D eigenvalue weighted by Crippen LogP contribution is -2.33. The van der Waals surface area contributed by atoms with Gasteiger partial charge in [-0.2, -0.15) is 0 Å².